The highest BCUT2D eigenvalue weighted by Crippen LogP contribution is 2.04. The summed E-state index contributed by atoms with van der Waals surface area (Å²) in [6, 6.07) is 0.0722. The van der Waals surface area contributed by atoms with Gasteiger partial charge in [-0.15, -0.1) is 0 Å². The highest BCUT2D eigenvalue weighted by Gasteiger charge is 2.04. The Morgan fingerprint density at radius 3 is 2.69 bits per heavy atom. The van der Waals surface area contributed by atoms with E-state index in [0.717, 1.165) is 6.26 Å². The number of nitrogens with one attached hydrogen (secondary N) is 1. The predicted octanol–water partition coefficient (Wildman–Crippen LogP) is -0.892. The van der Waals surface area contributed by atoms with E-state index in [9.17, 15) is 8.42 Å². The Balaban J connectivity index is 2.36. The van der Waals surface area contributed by atoms with Crippen molar-refractivity contribution in [1.82, 2.24) is 10.2 Å². The number of hydrogen-bond donors (Lipinski definition) is 2. The van der Waals surface area contributed by atoms with Crippen molar-refractivity contribution in [2.45, 2.75) is 0 Å². The van der Waals surface area contributed by atoms with Gasteiger partial charge in [0.1, 0.15) is 9.84 Å². The molecule has 0 saturated heterocycles. The summed E-state index contributed by atoms with van der Waals surface area (Å²) < 4.78 is 26.1. The van der Waals surface area contributed by atoms with Gasteiger partial charge in [0, 0.05) is 12.8 Å². The molecule has 0 aliphatic rings. The van der Waals surface area contributed by atoms with E-state index < -0.39 is 9.84 Å². The van der Waals surface area contributed by atoms with Crippen LogP contribution >= 0.6 is 0 Å². The standard InChI is InChI=1S/C5H10N4O3S/c1-13(10,11)3-2-7-5-9-8-4(6)12-5/h2-3H2,1H3,(H2,6,8)(H,7,9). The maximum absolute atomic E-state index is 10.7. The molecule has 0 atom stereocenters. The molecule has 1 aromatic rings. The molecule has 7 nitrogen and oxygen atoms in total. The number of hydrogen-bond acceptors (Lipinski definition) is 7. The van der Waals surface area contributed by atoms with Crippen LogP contribution < -0.4 is 11.1 Å². The molecule has 8 heteroatoms. The molecule has 74 valence electrons. The number of rotatable bonds is 4. The molecule has 0 bridgehead atoms. The van der Waals surface area contributed by atoms with Gasteiger partial charge in [0.05, 0.1) is 5.75 Å². The van der Waals surface area contributed by atoms with Gasteiger partial charge in [0.2, 0.25) is 0 Å². The Labute approximate surface area is 75.2 Å². The first-order valence-corrected chi connectivity index (χ1v) is 5.54. The molecule has 1 rings (SSSR count). The molecule has 0 spiro atoms. The van der Waals surface area contributed by atoms with E-state index in [2.05, 4.69) is 15.5 Å². The zero-order chi connectivity index (χ0) is 9.90. The third kappa shape index (κ3) is 3.74. The van der Waals surface area contributed by atoms with Gasteiger partial charge in [-0.05, 0) is 0 Å². The van der Waals surface area contributed by atoms with Gasteiger partial charge >= 0.3 is 12.0 Å². The predicted molar refractivity (Wildman–Crippen MR) is 46.9 cm³/mol. The first-order valence-electron chi connectivity index (χ1n) is 3.48. The lowest BCUT2D eigenvalue weighted by Crippen LogP contribution is -2.14. The van der Waals surface area contributed by atoms with E-state index in [0.29, 0.717) is 0 Å². The van der Waals surface area contributed by atoms with Crippen LogP contribution in [0.15, 0.2) is 4.42 Å². The van der Waals surface area contributed by atoms with Crippen LogP contribution in [-0.2, 0) is 9.84 Å². The lowest BCUT2D eigenvalue weighted by Gasteiger charge is -1.98. The molecule has 13 heavy (non-hydrogen) atoms. The summed E-state index contributed by atoms with van der Waals surface area (Å²) >= 11 is 0. The van der Waals surface area contributed by atoms with Crippen molar-refractivity contribution in [3.05, 3.63) is 0 Å². The van der Waals surface area contributed by atoms with Gasteiger partial charge in [-0.2, -0.15) is 0 Å². The first kappa shape index (κ1) is 9.78. The van der Waals surface area contributed by atoms with Crippen molar-refractivity contribution in [1.29, 1.82) is 0 Å². The van der Waals surface area contributed by atoms with Crippen LogP contribution in [0.5, 0.6) is 0 Å². The Morgan fingerprint density at radius 1 is 1.54 bits per heavy atom. The molecule has 1 heterocycles. The molecule has 0 saturated carbocycles. The highest BCUT2D eigenvalue weighted by molar-refractivity contribution is 7.90. The van der Waals surface area contributed by atoms with Crippen molar-refractivity contribution < 1.29 is 12.8 Å². The molecule has 0 amide bonds. The Hall–Kier alpha value is -1.31. The van der Waals surface area contributed by atoms with Gasteiger partial charge in [-0.1, -0.05) is 10.2 Å². The summed E-state index contributed by atoms with van der Waals surface area (Å²) in [6.07, 6.45) is 1.15. The summed E-state index contributed by atoms with van der Waals surface area (Å²) in [6.45, 7) is 0.223. The van der Waals surface area contributed by atoms with Crippen LogP contribution in [0.4, 0.5) is 12.0 Å². The summed E-state index contributed by atoms with van der Waals surface area (Å²) in [7, 11) is -2.97. The quantitative estimate of drug-likeness (QED) is 0.657. The maximum Gasteiger partial charge on any atom is 0.316 e. The van der Waals surface area contributed by atoms with E-state index in [1.807, 2.05) is 0 Å². The highest BCUT2D eigenvalue weighted by atomic mass is 32.2. The third-order valence-electron chi connectivity index (χ3n) is 1.19. The van der Waals surface area contributed by atoms with Crippen LogP contribution in [-0.4, -0.2) is 37.2 Å². The van der Waals surface area contributed by atoms with Crippen molar-refractivity contribution >= 4 is 21.9 Å². The second-order valence-corrected chi connectivity index (χ2v) is 4.76. The summed E-state index contributed by atoms with van der Waals surface area (Å²) in [4.78, 5) is 0. The smallest absolute Gasteiger partial charge is 0.316 e. The van der Waals surface area contributed by atoms with E-state index in [1.54, 1.807) is 0 Å². The molecule has 0 fully saturated rings. The molecule has 0 unspecified atom stereocenters. The Kier molecular flexibility index (Phi) is 2.71. The lowest BCUT2D eigenvalue weighted by molar-refractivity contribution is 0.586. The van der Waals surface area contributed by atoms with Crippen molar-refractivity contribution in [2.75, 3.05) is 29.6 Å². The first-order chi connectivity index (χ1) is 5.97. The molecule has 3 N–H and O–H groups in total. The molecule has 0 radical (unpaired) electrons. The second-order valence-electron chi connectivity index (χ2n) is 2.50. The zero-order valence-electron chi connectivity index (χ0n) is 7.02. The number of anilines is 2. The largest absolute Gasteiger partial charge is 0.390 e. The molecule has 0 aromatic carbocycles. The third-order valence-corrected chi connectivity index (χ3v) is 2.14. The van der Waals surface area contributed by atoms with Gasteiger partial charge in [0.15, 0.2) is 0 Å². The summed E-state index contributed by atoms with van der Waals surface area (Å²) in [5, 5.41) is 9.49. The Bertz CT molecular complexity index is 371. The lowest BCUT2D eigenvalue weighted by atomic mass is 10.7. The van der Waals surface area contributed by atoms with Crippen LogP contribution in [0.25, 0.3) is 0 Å². The van der Waals surface area contributed by atoms with Gasteiger partial charge in [-0.3, -0.25) is 0 Å². The molecule has 0 aliphatic carbocycles. The number of nitrogens with two attached hydrogens (primary N) is 1. The summed E-state index contributed by atoms with van der Waals surface area (Å²) in [5.74, 6) is 0.00921. The fourth-order valence-electron chi connectivity index (χ4n) is 0.649. The topological polar surface area (TPSA) is 111 Å². The Morgan fingerprint density at radius 2 is 2.23 bits per heavy atom. The van der Waals surface area contributed by atoms with E-state index in [1.165, 1.54) is 0 Å². The van der Waals surface area contributed by atoms with E-state index in [4.69, 9.17) is 10.2 Å². The fraction of sp³-hybridized carbons (Fsp3) is 0.600. The molecule has 1 aromatic heterocycles. The minimum Gasteiger partial charge on any atom is -0.390 e. The van der Waals surface area contributed by atoms with Crippen molar-refractivity contribution in [3.8, 4) is 0 Å². The SMILES string of the molecule is CS(=O)(=O)CCNc1nnc(N)o1. The van der Waals surface area contributed by atoms with Gasteiger partial charge in [0.25, 0.3) is 0 Å². The number of nitrogen functional groups attached to an aromatic ring is 1. The van der Waals surface area contributed by atoms with E-state index >= 15 is 0 Å². The monoisotopic (exact) mass is 206 g/mol. The normalized spacial score (nSPS) is 11.5. The van der Waals surface area contributed by atoms with Crippen LogP contribution in [0, 0.1) is 0 Å². The second kappa shape index (κ2) is 3.60. The summed E-state index contributed by atoms with van der Waals surface area (Å²) in [5.41, 5.74) is 5.14. The van der Waals surface area contributed by atoms with Crippen molar-refractivity contribution in [3.63, 3.8) is 0 Å². The average molecular weight is 206 g/mol. The molecular weight excluding hydrogens is 196 g/mol. The molecular formula is C5H10N4O3S. The number of nitrogens with zero attached hydrogens (tertiary/aromatic N) is 2. The average Bonchev–Trinajstić information content (AvgIpc) is 2.33. The van der Waals surface area contributed by atoms with Gasteiger partial charge in [-0.25, -0.2) is 8.42 Å². The van der Waals surface area contributed by atoms with Crippen LogP contribution in [0.3, 0.4) is 0 Å². The number of aromatic nitrogens is 2. The van der Waals surface area contributed by atoms with Crippen LogP contribution in [0.2, 0.25) is 0 Å². The van der Waals surface area contributed by atoms with Crippen LogP contribution in [0.1, 0.15) is 0 Å². The fourth-order valence-corrected chi connectivity index (χ4v) is 1.12. The molecule has 0 aliphatic heterocycles. The van der Waals surface area contributed by atoms with Gasteiger partial charge < -0.3 is 15.5 Å². The maximum atomic E-state index is 10.7. The zero-order valence-corrected chi connectivity index (χ0v) is 7.84. The van der Waals surface area contributed by atoms with Crippen molar-refractivity contribution in [2.24, 2.45) is 0 Å². The minimum atomic E-state index is -2.97. The van der Waals surface area contributed by atoms with E-state index in [-0.39, 0.29) is 24.3 Å². The number of sulfone groups is 1. The minimum absolute atomic E-state index is 0.00921.